The molecule has 1 saturated heterocycles. The lowest BCUT2D eigenvalue weighted by molar-refractivity contribution is -0.147. The van der Waals surface area contributed by atoms with Gasteiger partial charge in [0.05, 0.1) is 19.1 Å². The van der Waals surface area contributed by atoms with Crippen molar-refractivity contribution in [1.82, 2.24) is 4.90 Å². The fourth-order valence-electron chi connectivity index (χ4n) is 3.27. The maximum atomic E-state index is 11.6. The molecule has 2 heterocycles. The largest absolute Gasteiger partial charge is 0.491 e. The summed E-state index contributed by atoms with van der Waals surface area (Å²) < 4.78 is 10.6. The maximum Gasteiger partial charge on any atom is 0.308 e. The highest BCUT2D eigenvalue weighted by Gasteiger charge is 2.36. The summed E-state index contributed by atoms with van der Waals surface area (Å²) in [5.74, 6) is 0.631. The molecule has 0 saturated carbocycles. The molecule has 2 unspecified atom stereocenters. The number of ether oxygens (including phenoxy) is 2. The number of aliphatic hydroxyl groups is 1. The van der Waals surface area contributed by atoms with Gasteiger partial charge in [-0.1, -0.05) is 18.2 Å². The zero-order valence-electron chi connectivity index (χ0n) is 12.2. The number of piperidine rings is 1. The van der Waals surface area contributed by atoms with Gasteiger partial charge >= 0.3 is 5.97 Å². The third-order valence-electron chi connectivity index (χ3n) is 4.54. The zero-order chi connectivity index (χ0) is 14.8. The molecule has 1 aromatic carbocycles. The van der Waals surface area contributed by atoms with Gasteiger partial charge in [0.15, 0.2) is 0 Å². The van der Waals surface area contributed by atoms with Gasteiger partial charge in [0.2, 0.25) is 0 Å². The molecule has 0 radical (unpaired) electrons. The molecule has 1 N–H and O–H groups in total. The van der Waals surface area contributed by atoms with E-state index in [-0.39, 0.29) is 17.9 Å². The average molecular weight is 291 g/mol. The first-order valence-corrected chi connectivity index (χ1v) is 7.42. The lowest BCUT2D eigenvalue weighted by Crippen LogP contribution is -2.49. The van der Waals surface area contributed by atoms with Crippen LogP contribution in [0.4, 0.5) is 0 Å². The van der Waals surface area contributed by atoms with Gasteiger partial charge in [-0.05, 0) is 32.0 Å². The van der Waals surface area contributed by atoms with Crippen molar-refractivity contribution < 1.29 is 19.4 Å². The van der Waals surface area contributed by atoms with E-state index in [0.29, 0.717) is 6.61 Å². The number of hydrogen-bond donors (Lipinski definition) is 1. The van der Waals surface area contributed by atoms with Crippen molar-refractivity contribution in [3.05, 3.63) is 29.8 Å². The van der Waals surface area contributed by atoms with E-state index in [4.69, 9.17) is 9.47 Å². The second-order valence-corrected chi connectivity index (χ2v) is 5.69. The zero-order valence-corrected chi connectivity index (χ0v) is 12.2. The molecular weight excluding hydrogens is 270 g/mol. The van der Waals surface area contributed by atoms with Crippen molar-refractivity contribution in [1.29, 1.82) is 0 Å². The predicted molar refractivity (Wildman–Crippen MR) is 77.0 cm³/mol. The van der Waals surface area contributed by atoms with Crippen molar-refractivity contribution in [2.75, 3.05) is 26.8 Å². The number of fused-ring (bicyclic) bond motifs is 1. The number of hydrogen-bond acceptors (Lipinski definition) is 5. The Morgan fingerprint density at radius 1 is 1.33 bits per heavy atom. The Labute approximate surface area is 124 Å². The molecular formula is C16H21NO4. The number of rotatable bonds is 2. The van der Waals surface area contributed by atoms with Crippen LogP contribution in [0.15, 0.2) is 24.3 Å². The summed E-state index contributed by atoms with van der Waals surface area (Å²) in [6, 6.07) is 7.58. The highest BCUT2D eigenvalue weighted by Crippen LogP contribution is 2.35. The van der Waals surface area contributed by atoms with E-state index < -0.39 is 6.10 Å². The third kappa shape index (κ3) is 2.76. The molecule has 2 aliphatic rings. The van der Waals surface area contributed by atoms with E-state index in [9.17, 15) is 9.90 Å². The van der Waals surface area contributed by atoms with Gasteiger partial charge in [-0.15, -0.1) is 0 Å². The van der Waals surface area contributed by atoms with Crippen LogP contribution in [0.5, 0.6) is 5.75 Å². The molecule has 2 aliphatic heterocycles. The number of methoxy groups -OCH3 is 1. The van der Waals surface area contributed by atoms with E-state index in [1.54, 1.807) is 0 Å². The van der Waals surface area contributed by atoms with Crippen LogP contribution in [-0.2, 0) is 9.53 Å². The van der Waals surface area contributed by atoms with Gasteiger partial charge in [-0.2, -0.15) is 0 Å². The van der Waals surface area contributed by atoms with Crippen LogP contribution in [0.2, 0.25) is 0 Å². The van der Waals surface area contributed by atoms with Gasteiger partial charge in [0.1, 0.15) is 18.5 Å². The second kappa shape index (κ2) is 6.03. The smallest absolute Gasteiger partial charge is 0.308 e. The summed E-state index contributed by atoms with van der Waals surface area (Å²) in [6.07, 6.45) is 1.01. The first-order chi connectivity index (χ1) is 10.2. The van der Waals surface area contributed by atoms with E-state index in [0.717, 1.165) is 37.2 Å². The lowest BCUT2D eigenvalue weighted by atomic mass is 9.92. The first-order valence-electron chi connectivity index (χ1n) is 7.42. The molecule has 0 amide bonds. The molecule has 114 valence electrons. The number of carbonyl (C=O) groups is 1. The molecule has 1 aromatic rings. The fourth-order valence-corrected chi connectivity index (χ4v) is 3.27. The fraction of sp³-hybridized carbons (Fsp3) is 0.562. The van der Waals surface area contributed by atoms with Gasteiger partial charge in [-0.3, -0.25) is 9.69 Å². The molecule has 2 atom stereocenters. The minimum atomic E-state index is -0.537. The van der Waals surface area contributed by atoms with E-state index >= 15 is 0 Å². The quantitative estimate of drug-likeness (QED) is 0.834. The summed E-state index contributed by atoms with van der Waals surface area (Å²) >= 11 is 0. The Morgan fingerprint density at radius 2 is 2.05 bits per heavy atom. The molecule has 3 rings (SSSR count). The summed E-state index contributed by atoms with van der Waals surface area (Å²) in [6.45, 7) is 2.06. The van der Waals surface area contributed by atoms with E-state index in [1.807, 2.05) is 24.3 Å². The maximum absolute atomic E-state index is 11.6. The number of carbonyl (C=O) groups excluding carboxylic acids is 1. The molecule has 1 fully saturated rings. The van der Waals surface area contributed by atoms with Gasteiger partial charge < -0.3 is 14.6 Å². The summed E-state index contributed by atoms with van der Waals surface area (Å²) in [5.41, 5.74) is 0.851. The standard InChI is InChI=1S/C16H21NO4/c1-20-16(19)11-6-8-17(9-7-11)13-10-21-14-5-3-2-4-12(14)15(13)18/h2-5,11,13,15,18H,6-10H2,1H3. The molecule has 5 nitrogen and oxygen atoms in total. The second-order valence-electron chi connectivity index (χ2n) is 5.69. The number of aliphatic hydroxyl groups excluding tert-OH is 1. The van der Waals surface area contributed by atoms with Crippen molar-refractivity contribution in [2.24, 2.45) is 5.92 Å². The number of nitrogens with zero attached hydrogens (tertiary/aromatic N) is 1. The van der Waals surface area contributed by atoms with E-state index in [2.05, 4.69) is 4.90 Å². The van der Waals surface area contributed by atoms with Gasteiger partial charge in [0, 0.05) is 5.56 Å². The van der Waals surface area contributed by atoms with Crippen LogP contribution >= 0.6 is 0 Å². The summed E-state index contributed by atoms with van der Waals surface area (Å²) in [5, 5.41) is 10.6. The first kappa shape index (κ1) is 14.4. The van der Waals surface area contributed by atoms with Crippen LogP contribution in [0.1, 0.15) is 24.5 Å². The van der Waals surface area contributed by atoms with Gasteiger partial charge in [0.25, 0.3) is 0 Å². The Kier molecular flexibility index (Phi) is 4.12. The summed E-state index contributed by atoms with van der Waals surface area (Å²) in [7, 11) is 1.43. The number of para-hydroxylation sites is 1. The highest BCUT2D eigenvalue weighted by molar-refractivity contribution is 5.72. The number of esters is 1. The Bertz CT molecular complexity index is 511. The third-order valence-corrected chi connectivity index (χ3v) is 4.54. The van der Waals surface area contributed by atoms with Crippen LogP contribution in [0.25, 0.3) is 0 Å². The van der Waals surface area contributed by atoms with Crippen molar-refractivity contribution in [2.45, 2.75) is 25.0 Å². The molecule has 0 aliphatic carbocycles. The van der Waals surface area contributed by atoms with Gasteiger partial charge in [-0.25, -0.2) is 0 Å². The lowest BCUT2D eigenvalue weighted by Gasteiger charge is -2.41. The minimum absolute atomic E-state index is 0.0137. The van der Waals surface area contributed by atoms with Crippen LogP contribution < -0.4 is 4.74 Å². The SMILES string of the molecule is COC(=O)C1CCN(C2COc3ccccc3C2O)CC1. The average Bonchev–Trinajstić information content (AvgIpc) is 2.55. The Balaban J connectivity index is 1.66. The normalized spacial score (nSPS) is 26.8. The van der Waals surface area contributed by atoms with Crippen molar-refractivity contribution in [3.63, 3.8) is 0 Å². The molecule has 21 heavy (non-hydrogen) atoms. The topological polar surface area (TPSA) is 59.0 Å². The number of likely N-dealkylation sites (tertiary alicyclic amines) is 1. The molecule has 0 bridgehead atoms. The Morgan fingerprint density at radius 3 is 2.76 bits per heavy atom. The van der Waals surface area contributed by atoms with Crippen LogP contribution in [0.3, 0.4) is 0 Å². The Hall–Kier alpha value is -1.59. The van der Waals surface area contributed by atoms with Crippen molar-refractivity contribution in [3.8, 4) is 5.75 Å². The number of benzene rings is 1. The highest BCUT2D eigenvalue weighted by atomic mass is 16.5. The molecule has 5 heteroatoms. The minimum Gasteiger partial charge on any atom is -0.491 e. The molecule has 0 aromatic heterocycles. The van der Waals surface area contributed by atoms with Crippen LogP contribution in [-0.4, -0.2) is 48.8 Å². The monoisotopic (exact) mass is 291 g/mol. The molecule has 0 spiro atoms. The summed E-state index contributed by atoms with van der Waals surface area (Å²) in [4.78, 5) is 13.8. The van der Waals surface area contributed by atoms with Crippen LogP contribution in [0, 0.1) is 5.92 Å². The van der Waals surface area contributed by atoms with E-state index in [1.165, 1.54) is 7.11 Å². The van der Waals surface area contributed by atoms with Crippen molar-refractivity contribution >= 4 is 5.97 Å². The predicted octanol–water partition coefficient (Wildman–Crippen LogP) is 1.37.